The van der Waals surface area contributed by atoms with E-state index >= 15 is 0 Å². The maximum absolute atomic E-state index is 13.1. The van der Waals surface area contributed by atoms with E-state index in [0.29, 0.717) is 18.8 Å². The standard InChI is InChI=1S/C25H25FN2O2/c1-17-3-6-19(7-4-17)15-28-22(16-30-24-13-18(2)5-12-23(24)28)14-25(29)27-21-10-8-20(26)9-11-21/h3-13,22H,14-16H2,1-2H3,(H,27,29)/t22-/m0/s1. The van der Waals surface area contributed by atoms with Crippen molar-refractivity contribution < 1.29 is 13.9 Å². The van der Waals surface area contributed by atoms with Crippen molar-refractivity contribution in [1.82, 2.24) is 0 Å². The Balaban J connectivity index is 1.55. The minimum atomic E-state index is -0.329. The van der Waals surface area contributed by atoms with Gasteiger partial charge in [-0.25, -0.2) is 4.39 Å². The Morgan fingerprint density at radius 2 is 1.73 bits per heavy atom. The monoisotopic (exact) mass is 404 g/mol. The average Bonchev–Trinajstić information content (AvgIpc) is 2.73. The fourth-order valence-corrected chi connectivity index (χ4v) is 3.68. The van der Waals surface area contributed by atoms with Gasteiger partial charge in [0.2, 0.25) is 5.91 Å². The van der Waals surface area contributed by atoms with E-state index < -0.39 is 0 Å². The Morgan fingerprint density at radius 3 is 2.47 bits per heavy atom. The molecule has 4 nitrogen and oxygen atoms in total. The van der Waals surface area contributed by atoms with Crippen LogP contribution >= 0.6 is 0 Å². The zero-order valence-electron chi connectivity index (χ0n) is 17.2. The molecule has 4 rings (SSSR count). The first-order valence-electron chi connectivity index (χ1n) is 10.1. The molecule has 1 heterocycles. The predicted molar refractivity (Wildman–Crippen MR) is 117 cm³/mol. The smallest absolute Gasteiger partial charge is 0.226 e. The van der Waals surface area contributed by atoms with Crippen molar-refractivity contribution in [3.63, 3.8) is 0 Å². The number of amides is 1. The maximum atomic E-state index is 13.1. The van der Waals surface area contributed by atoms with Crippen LogP contribution in [0.25, 0.3) is 0 Å². The summed E-state index contributed by atoms with van der Waals surface area (Å²) in [6.45, 7) is 5.22. The van der Waals surface area contributed by atoms with Crippen molar-refractivity contribution in [2.75, 3.05) is 16.8 Å². The van der Waals surface area contributed by atoms with Crippen LogP contribution in [0.2, 0.25) is 0 Å². The van der Waals surface area contributed by atoms with Crippen molar-refractivity contribution in [2.45, 2.75) is 32.9 Å². The average molecular weight is 404 g/mol. The van der Waals surface area contributed by atoms with Gasteiger partial charge >= 0.3 is 0 Å². The number of hydrogen-bond donors (Lipinski definition) is 1. The molecule has 0 aliphatic carbocycles. The third-order valence-electron chi connectivity index (χ3n) is 5.32. The Labute approximate surface area is 176 Å². The Kier molecular flexibility index (Phi) is 5.70. The summed E-state index contributed by atoms with van der Waals surface area (Å²) < 4.78 is 19.1. The summed E-state index contributed by atoms with van der Waals surface area (Å²) in [6.07, 6.45) is 0.274. The van der Waals surface area contributed by atoms with Crippen molar-refractivity contribution >= 4 is 17.3 Å². The topological polar surface area (TPSA) is 41.6 Å². The highest BCUT2D eigenvalue weighted by molar-refractivity contribution is 5.91. The van der Waals surface area contributed by atoms with E-state index in [2.05, 4.69) is 53.5 Å². The molecule has 3 aromatic rings. The second kappa shape index (κ2) is 8.57. The van der Waals surface area contributed by atoms with Crippen molar-refractivity contribution in [3.05, 3.63) is 89.2 Å². The highest BCUT2D eigenvalue weighted by Gasteiger charge is 2.29. The summed E-state index contributed by atoms with van der Waals surface area (Å²) in [7, 11) is 0. The molecule has 1 N–H and O–H groups in total. The number of carbonyl (C=O) groups is 1. The third kappa shape index (κ3) is 4.62. The molecule has 0 spiro atoms. The van der Waals surface area contributed by atoms with E-state index in [1.807, 2.05) is 13.0 Å². The highest BCUT2D eigenvalue weighted by Crippen LogP contribution is 2.36. The molecule has 1 aliphatic rings. The number of nitrogens with zero attached hydrogens (tertiary/aromatic N) is 1. The number of rotatable bonds is 5. The lowest BCUT2D eigenvalue weighted by atomic mass is 10.0. The molecule has 1 aliphatic heterocycles. The first-order chi connectivity index (χ1) is 14.5. The van der Waals surface area contributed by atoms with E-state index in [1.54, 1.807) is 12.1 Å². The van der Waals surface area contributed by atoms with Gasteiger partial charge in [-0.1, -0.05) is 35.9 Å². The lowest BCUT2D eigenvalue weighted by Gasteiger charge is -2.38. The molecule has 0 aromatic heterocycles. The maximum Gasteiger partial charge on any atom is 0.226 e. The molecule has 3 aromatic carbocycles. The third-order valence-corrected chi connectivity index (χ3v) is 5.32. The summed E-state index contributed by atoms with van der Waals surface area (Å²) in [5.41, 5.74) is 5.10. The van der Waals surface area contributed by atoms with Crippen LogP contribution in [-0.2, 0) is 11.3 Å². The molecule has 0 unspecified atom stereocenters. The van der Waals surface area contributed by atoms with Crippen LogP contribution in [0, 0.1) is 19.7 Å². The summed E-state index contributed by atoms with van der Waals surface area (Å²) in [5, 5.41) is 2.85. The van der Waals surface area contributed by atoms with Gasteiger partial charge in [-0.3, -0.25) is 4.79 Å². The van der Waals surface area contributed by atoms with Gasteiger partial charge in [-0.05, 0) is 61.4 Å². The number of aryl methyl sites for hydroxylation is 2. The van der Waals surface area contributed by atoms with Gasteiger partial charge in [0.15, 0.2) is 0 Å². The molecule has 5 heteroatoms. The predicted octanol–water partition coefficient (Wildman–Crippen LogP) is 5.24. The van der Waals surface area contributed by atoms with Crippen LogP contribution in [0.3, 0.4) is 0 Å². The van der Waals surface area contributed by atoms with E-state index in [4.69, 9.17) is 4.74 Å². The quantitative estimate of drug-likeness (QED) is 0.632. The summed E-state index contributed by atoms with van der Waals surface area (Å²) in [5.74, 6) is 0.391. The SMILES string of the molecule is Cc1ccc(CN2c3ccc(C)cc3OC[C@@H]2CC(=O)Nc2ccc(F)cc2)cc1. The lowest BCUT2D eigenvalue weighted by Crippen LogP contribution is -2.44. The van der Waals surface area contributed by atoms with Crippen LogP contribution in [0.1, 0.15) is 23.1 Å². The van der Waals surface area contributed by atoms with Gasteiger partial charge < -0.3 is 15.0 Å². The van der Waals surface area contributed by atoms with E-state index in [-0.39, 0.29) is 24.2 Å². The summed E-state index contributed by atoms with van der Waals surface area (Å²) in [6, 6.07) is 20.3. The number of hydrogen-bond acceptors (Lipinski definition) is 3. The Bertz CT molecular complexity index is 1030. The van der Waals surface area contributed by atoms with Gasteiger partial charge in [-0.15, -0.1) is 0 Å². The fourth-order valence-electron chi connectivity index (χ4n) is 3.68. The molecule has 1 amide bonds. The molecule has 154 valence electrons. The second-order valence-electron chi connectivity index (χ2n) is 7.81. The Morgan fingerprint density at radius 1 is 1.03 bits per heavy atom. The van der Waals surface area contributed by atoms with Gasteiger partial charge in [0.1, 0.15) is 18.2 Å². The molecule has 0 saturated heterocycles. The van der Waals surface area contributed by atoms with Gasteiger partial charge in [-0.2, -0.15) is 0 Å². The fraction of sp³-hybridized carbons (Fsp3) is 0.240. The van der Waals surface area contributed by atoms with E-state index in [0.717, 1.165) is 17.0 Å². The van der Waals surface area contributed by atoms with Crippen molar-refractivity contribution in [3.8, 4) is 5.75 Å². The van der Waals surface area contributed by atoms with Crippen molar-refractivity contribution in [1.29, 1.82) is 0 Å². The van der Waals surface area contributed by atoms with E-state index in [9.17, 15) is 9.18 Å². The molecule has 0 fully saturated rings. The molecule has 0 radical (unpaired) electrons. The number of halogens is 1. The number of nitrogens with one attached hydrogen (secondary N) is 1. The normalized spacial score (nSPS) is 15.3. The van der Waals surface area contributed by atoms with Crippen LogP contribution in [0.5, 0.6) is 5.75 Å². The van der Waals surface area contributed by atoms with Crippen LogP contribution < -0.4 is 15.0 Å². The summed E-state index contributed by atoms with van der Waals surface area (Å²) in [4.78, 5) is 14.9. The number of ether oxygens (including phenoxy) is 1. The minimum Gasteiger partial charge on any atom is -0.489 e. The molecular weight excluding hydrogens is 379 g/mol. The van der Waals surface area contributed by atoms with Crippen LogP contribution in [0.4, 0.5) is 15.8 Å². The number of carbonyl (C=O) groups excluding carboxylic acids is 1. The highest BCUT2D eigenvalue weighted by atomic mass is 19.1. The molecule has 30 heavy (non-hydrogen) atoms. The summed E-state index contributed by atoms with van der Waals surface area (Å²) >= 11 is 0. The number of anilines is 2. The van der Waals surface area contributed by atoms with Gasteiger partial charge in [0, 0.05) is 12.2 Å². The lowest BCUT2D eigenvalue weighted by molar-refractivity contribution is -0.116. The zero-order valence-corrected chi connectivity index (χ0v) is 17.2. The van der Waals surface area contributed by atoms with Gasteiger partial charge in [0.05, 0.1) is 18.2 Å². The molecular formula is C25H25FN2O2. The molecule has 1 atom stereocenters. The van der Waals surface area contributed by atoms with E-state index in [1.165, 1.54) is 23.3 Å². The van der Waals surface area contributed by atoms with Gasteiger partial charge in [0.25, 0.3) is 0 Å². The molecule has 0 bridgehead atoms. The zero-order chi connectivity index (χ0) is 21.1. The minimum absolute atomic E-state index is 0.109. The second-order valence-corrected chi connectivity index (χ2v) is 7.81. The largest absolute Gasteiger partial charge is 0.489 e. The first-order valence-corrected chi connectivity index (χ1v) is 10.1. The van der Waals surface area contributed by atoms with Crippen LogP contribution in [-0.4, -0.2) is 18.6 Å². The van der Waals surface area contributed by atoms with Crippen LogP contribution in [0.15, 0.2) is 66.7 Å². The molecule has 0 saturated carbocycles. The number of benzene rings is 3. The number of fused-ring (bicyclic) bond motifs is 1. The van der Waals surface area contributed by atoms with Crippen molar-refractivity contribution in [2.24, 2.45) is 0 Å². The first kappa shape index (κ1) is 20.0. The Hall–Kier alpha value is -3.34.